The summed E-state index contributed by atoms with van der Waals surface area (Å²) >= 11 is 0. The summed E-state index contributed by atoms with van der Waals surface area (Å²) in [6, 6.07) is 0. The Balaban J connectivity index is 1.77. The Bertz CT molecular complexity index is 298. The quantitative estimate of drug-likeness (QED) is 0.708. The van der Waals surface area contributed by atoms with Gasteiger partial charge in [0.05, 0.1) is 18.5 Å². The van der Waals surface area contributed by atoms with Crippen LogP contribution in [0.25, 0.3) is 0 Å². The first-order valence-corrected chi connectivity index (χ1v) is 7.09. The molecule has 0 radical (unpaired) electrons. The molecule has 1 N–H and O–H groups in total. The lowest BCUT2D eigenvalue weighted by atomic mass is 10.2. The molecule has 6 heteroatoms. The smallest absolute Gasteiger partial charge is 0.214 e. The summed E-state index contributed by atoms with van der Waals surface area (Å²) in [7, 11) is -2.93. The van der Waals surface area contributed by atoms with E-state index in [-0.39, 0.29) is 6.10 Å². The number of sulfonamides is 1. The number of hydrogen-bond acceptors (Lipinski definition) is 4. The zero-order chi connectivity index (χ0) is 10.7. The zero-order valence-corrected chi connectivity index (χ0v) is 9.63. The van der Waals surface area contributed by atoms with Gasteiger partial charge in [0, 0.05) is 26.2 Å². The molecule has 5 nitrogen and oxygen atoms in total. The third-order valence-corrected chi connectivity index (χ3v) is 4.86. The van der Waals surface area contributed by atoms with Crippen LogP contribution in [0.5, 0.6) is 0 Å². The molecule has 2 heterocycles. The van der Waals surface area contributed by atoms with Gasteiger partial charge in [-0.2, -0.15) is 0 Å². The molecule has 0 spiro atoms. The van der Waals surface area contributed by atoms with E-state index in [1.165, 1.54) is 0 Å². The molecular weight excluding hydrogens is 216 g/mol. The Morgan fingerprint density at radius 3 is 2.93 bits per heavy atom. The van der Waals surface area contributed by atoms with Crippen molar-refractivity contribution in [2.45, 2.75) is 18.9 Å². The van der Waals surface area contributed by atoms with Gasteiger partial charge in [-0.1, -0.05) is 0 Å². The summed E-state index contributed by atoms with van der Waals surface area (Å²) in [5.74, 6) is 0.316. The Morgan fingerprint density at radius 2 is 2.33 bits per heavy atom. The molecule has 0 amide bonds. The third kappa shape index (κ3) is 2.90. The minimum Gasteiger partial charge on any atom is -0.376 e. The van der Waals surface area contributed by atoms with E-state index in [1.807, 2.05) is 0 Å². The SMILES string of the molecule is O=S1(=O)CCCN1CCC1CNCCO1. The number of rotatable bonds is 3. The monoisotopic (exact) mass is 234 g/mol. The van der Waals surface area contributed by atoms with Crippen molar-refractivity contribution < 1.29 is 13.2 Å². The highest BCUT2D eigenvalue weighted by Crippen LogP contribution is 2.14. The maximum atomic E-state index is 11.5. The van der Waals surface area contributed by atoms with Crippen LogP contribution < -0.4 is 5.32 Å². The normalized spacial score (nSPS) is 31.9. The molecule has 1 atom stereocenters. The van der Waals surface area contributed by atoms with E-state index in [9.17, 15) is 8.42 Å². The molecule has 88 valence electrons. The van der Waals surface area contributed by atoms with Crippen LogP contribution >= 0.6 is 0 Å². The fourth-order valence-electron chi connectivity index (χ4n) is 2.04. The Morgan fingerprint density at radius 1 is 1.47 bits per heavy atom. The molecule has 2 saturated heterocycles. The maximum absolute atomic E-state index is 11.5. The fraction of sp³-hybridized carbons (Fsp3) is 1.00. The maximum Gasteiger partial charge on any atom is 0.214 e. The lowest BCUT2D eigenvalue weighted by Crippen LogP contribution is -2.40. The predicted molar refractivity (Wildman–Crippen MR) is 57.2 cm³/mol. The van der Waals surface area contributed by atoms with Crippen LogP contribution in [0, 0.1) is 0 Å². The summed E-state index contributed by atoms with van der Waals surface area (Å²) in [4.78, 5) is 0. The Labute approximate surface area is 90.8 Å². The van der Waals surface area contributed by atoms with Crippen LogP contribution in [0.3, 0.4) is 0 Å². The van der Waals surface area contributed by atoms with Crippen molar-refractivity contribution in [3.8, 4) is 0 Å². The van der Waals surface area contributed by atoms with Gasteiger partial charge in [0.1, 0.15) is 0 Å². The fourth-order valence-corrected chi connectivity index (χ4v) is 3.58. The lowest BCUT2D eigenvalue weighted by Gasteiger charge is -2.25. The van der Waals surface area contributed by atoms with Crippen LogP contribution in [0.2, 0.25) is 0 Å². The highest BCUT2D eigenvalue weighted by atomic mass is 32.2. The highest BCUT2D eigenvalue weighted by Gasteiger charge is 2.28. The third-order valence-electron chi connectivity index (χ3n) is 2.91. The van der Waals surface area contributed by atoms with Crippen molar-refractivity contribution in [1.29, 1.82) is 0 Å². The average molecular weight is 234 g/mol. The minimum atomic E-state index is -2.93. The van der Waals surface area contributed by atoms with Gasteiger partial charge in [0.2, 0.25) is 10.0 Å². The molecule has 0 aliphatic carbocycles. The number of ether oxygens (including phenoxy) is 1. The molecule has 2 aliphatic rings. The van der Waals surface area contributed by atoms with Gasteiger partial charge >= 0.3 is 0 Å². The molecule has 0 aromatic heterocycles. The van der Waals surface area contributed by atoms with Crippen LogP contribution in [0.4, 0.5) is 0 Å². The molecule has 2 fully saturated rings. The molecule has 0 saturated carbocycles. The molecular formula is C9H18N2O3S. The van der Waals surface area contributed by atoms with Crippen molar-refractivity contribution in [3.63, 3.8) is 0 Å². The summed E-state index contributed by atoms with van der Waals surface area (Å²) in [6.45, 7) is 3.76. The van der Waals surface area contributed by atoms with Crippen LogP contribution in [0.1, 0.15) is 12.8 Å². The van der Waals surface area contributed by atoms with Gasteiger partial charge in [-0.25, -0.2) is 12.7 Å². The van der Waals surface area contributed by atoms with E-state index >= 15 is 0 Å². The van der Waals surface area contributed by atoms with E-state index in [2.05, 4.69) is 5.32 Å². The van der Waals surface area contributed by atoms with Crippen molar-refractivity contribution >= 4 is 10.0 Å². The topological polar surface area (TPSA) is 58.6 Å². The first-order valence-electron chi connectivity index (χ1n) is 5.49. The summed E-state index contributed by atoms with van der Waals surface area (Å²) in [5, 5.41) is 3.24. The summed E-state index contributed by atoms with van der Waals surface area (Å²) in [6.07, 6.45) is 1.74. The lowest BCUT2D eigenvalue weighted by molar-refractivity contribution is 0.0213. The Hall–Kier alpha value is -0.170. The number of nitrogens with one attached hydrogen (secondary N) is 1. The van der Waals surface area contributed by atoms with Gasteiger partial charge in [0.25, 0.3) is 0 Å². The van der Waals surface area contributed by atoms with Gasteiger partial charge in [-0.05, 0) is 12.8 Å². The zero-order valence-electron chi connectivity index (χ0n) is 8.81. The van der Waals surface area contributed by atoms with Crippen LogP contribution in [0.15, 0.2) is 0 Å². The van der Waals surface area contributed by atoms with Gasteiger partial charge < -0.3 is 10.1 Å². The highest BCUT2D eigenvalue weighted by molar-refractivity contribution is 7.89. The summed E-state index contributed by atoms with van der Waals surface area (Å²) < 4.78 is 30.1. The van der Waals surface area contributed by atoms with Gasteiger partial charge in [-0.3, -0.25) is 0 Å². The van der Waals surface area contributed by atoms with Crippen molar-refractivity contribution in [2.24, 2.45) is 0 Å². The van der Waals surface area contributed by atoms with E-state index < -0.39 is 10.0 Å². The second-order valence-electron chi connectivity index (χ2n) is 4.05. The van der Waals surface area contributed by atoms with Crippen LogP contribution in [-0.2, 0) is 14.8 Å². The summed E-state index contributed by atoms with van der Waals surface area (Å²) in [5.41, 5.74) is 0. The average Bonchev–Trinajstić information content (AvgIpc) is 2.56. The Kier molecular flexibility index (Phi) is 3.60. The molecule has 2 aliphatic heterocycles. The molecule has 2 rings (SSSR count). The second-order valence-corrected chi connectivity index (χ2v) is 6.14. The molecule has 0 aromatic rings. The largest absolute Gasteiger partial charge is 0.376 e. The predicted octanol–water partition coefficient (Wildman–Crippen LogP) is -0.600. The molecule has 0 aromatic carbocycles. The van der Waals surface area contributed by atoms with E-state index in [4.69, 9.17) is 4.74 Å². The molecule has 1 unspecified atom stereocenters. The number of nitrogens with zero attached hydrogens (tertiary/aromatic N) is 1. The number of morpholine rings is 1. The molecule has 0 bridgehead atoms. The van der Waals surface area contributed by atoms with Crippen molar-refractivity contribution in [1.82, 2.24) is 9.62 Å². The standard InChI is InChI=1S/C9H18N2O3S/c12-15(13)7-1-4-11(15)5-2-9-8-10-3-6-14-9/h9-10H,1-8H2. The van der Waals surface area contributed by atoms with E-state index in [0.717, 1.165) is 32.5 Å². The van der Waals surface area contributed by atoms with E-state index in [0.29, 0.717) is 18.8 Å². The van der Waals surface area contributed by atoms with E-state index in [1.54, 1.807) is 4.31 Å². The van der Waals surface area contributed by atoms with Crippen molar-refractivity contribution in [3.05, 3.63) is 0 Å². The van der Waals surface area contributed by atoms with Gasteiger partial charge in [0.15, 0.2) is 0 Å². The van der Waals surface area contributed by atoms with Crippen LogP contribution in [-0.4, -0.2) is 57.4 Å². The number of hydrogen-bond donors (Lipinski definition) is 1. The van der Waals surface area contributed by atoms with Crippen molar-refractivity contribution in [2.75, 3.05) is 38.5 Å². The molecule has 15 heavy (non-hydrogen) atoms. The van der Waals surface area contributed by atoms with Gasteiger partial charge in [-0.15, -0.1) is 0 Å². The first-order chi connectivity index (χ1) is 7.18. The minimum absolute atomic E-state index is 0.176. The first kappa shape index (κ1) is 11.3. The second kappa shape index (κ2) is 4.78.